The first-order valence-electron chi connectivity index (χ1n) is 5.82. The zero-order chi connectivity index (χ0) is 14.7. The van der Waals surface area contributed by atoms with Crippen LogP contribution in [0.3, 0.4) is 0 Å². The first kappa shape index (κ1) is 13.8. The lowest BCUT2D eigenvalue weighted by atomic mass is 10.2. The van der Waals surface area contributed by atoms with Gasteiger partial charge in [0.2, 0.25) is 0 Å². The molecule has 0 atom stereocenters. The van der Waals surface area contributed by atoms with Gasteiger partial charge in [-0.3, -0.25) is 0 Å². The van der Waals surface area contributed by atoms with E-state index >= 15 is 0 Å². The number of nitrogens with zero attached hydrogens (tertiary/aromatic N) is 2. The highest BCUT2D eigenvalue weighted by atomic mass is 19.1. The number of aromatic nitrogens is 1. The van der Waals surface area contributed by atoms with Crippen LogP contribution >= 0.6 is 0 Å². The molecule has 1 aromatic carbocycles. The van der Waals surface area contributed by atoms with Crippen molar-refractivity contribution in [1.82, 2.24) is 4.98 Å². The van der Waals surface area contributed by atoms with Crippen molar-refractivity contribution in [3.8, 4) is 11.6 Å². The minimum absolute atomic E-state index is 0.360. The molecule has 0 amide bonds. The molecular formula is C14H13FN2O3. The zero-order valence-electron chi connectivity index (χ0n) is 11.0. The summed E-state index contributed by atoms with van der Waals surface area (Å²) in [5, 5.41) is 8.84. The summed E-state index contributed by atoms with van der Waals surface area (Å²) < 4.78 is 19.2. The molecule has 0 aliphatic carbocycles. The second-order valence-corrected chi connectivity index (χ2v) is 4.28. The van der Waals surface area contributed by atoms with E-state index in [0.29, 0.717) is 5.75 Å². The normalized spacial score (nSPS) is 10.2. The van der Waals surface area contributed by atoms with Crippen LogP contribution in [0.15, 0.2) is 36.5 Å². The van der Waals surface area contributed by atoms with Crippen LogP contribution in [-0.4, -0.2) is 30.2 Å². The standard InChI is InChI=1S/C14H13FN2O3/c1-17(2)9-4-3-5-10(8-9)20-13-12(15)11(14(18)19)6-7-16-13/h3-8H,1-2H3,(H,18,19). The van der Waals surface area contributed by atoms with E-state index in [1.165, 1.54) is 6.20 Å². The molecule has 1 heterocycles. The molecule has 0 aliphatic rings. The van der Waals surface area contributed by atoms with Crippen molar-refractivity contribution in [3.63, 3.8) is 0 Å². The minimum Gasteiger partial charge on any atom is -0.478 e. The Morgan fingerprint density at radius 1 is 1.35 bits per heavy atom. The van der Waals surface area contributed by atoms with Crippen molar-refractivity contribution in [1.29, 1.82) is 0 Å². The van der Waals surface area contributed by atoms with Crippen molar-refractivity contribution >= 4 is 11.7 Å². The molecular weight excluding hydrogens is 263 g/mol. The molecule has 0 spiro atoms. The summed E-state index contributed by atoms with van der Waals surface area (Å²) in [6.45, 7) is 0. The van der Waals surface area contributed by atoms with Gasteiger partial charge in [0.1, 0.15) is 11.3 Å². The van der Waals surface area contributed by atoms with Crippen LogP contribution in [0.4, 0.5) is 10.1 Å². The van der Waals surface area contributed by atoms with E-state index in [0.717, 1.165) is 11.8 Å². The van der Waals surface area contributed by atoms with Crippen molar-refractivity contribution in [2.24, 2.45) is 0 Å². The quantitative estimate of drug-likeness (QED) is 0.930. The number of hydrogen-bond acceptors (Lipinski definition) is 4. The fourth-order valence-electron chi connectivity index (χ4n) is 1.60. The van der Waals surface area contributed by atoms with Crippen LogP contribution in [0.1, 0.15) is 10.4 Å². The van der Waals surface area contributed by atoms with Gasteiger partial charge < -0.3 is 14.7 Å². The Hall–Kier alpha value is -2.63. The number of pyridine rings is 1. The van der Waals surface area contributed by atoms with Gasteiger partial charge in [0.05, 0.1) is 0 Å². The molecule has 6 heteroatoms. The first-order valence-corrected chi connectivity index (χ1v) is 5.82. The predicted molar refractivity (Wildman–Crippen MR) is 72.0 cm³/mol. The Balaban J connectivity index is 2.33. The third-order valence-corrected chi connectivity index (χ3v) is 2.64. The Bertz CT molecular complexity index is 644. The van der Waals surface area contributed by atoms with Crippen molar-refractivity contribution in [2.75, 3.05) is 19.0 Å². The van der Waals surface area contributed by atoms with E-state index in [1.807, 2.05) is 25.1 Å². The number of hydrogen-bond donors (Lipinski definition) is 1. The molecule has 2 aromatic rings. The van der Waals surface area contributed by atoms with E-state index in [9.17, 15) is 9.18 Å². The van der Waals surface area contributed by atoms with Crippen molar-refractivity contribution < 1.29 is 19.0 Å². The zero-order valence-corrected chi connectivity index (χ0v) is 11.0. The molecule has 0 bridgehead atoms. The SMILES string of the molecule is CN(C)c1cccc(Oc2nccc(C(=O)O)c2F)c1. The van der Waals surface area contributed by atoms with Gasteiger partial charge in [-0.2, -0.15) is 0 Å². The fourth-order valence-corrected chi connectivity index (χ4v) is 1.60. The van der Waals surface area contributed by atoms with Gasteiger partial charge in [0.15, 0.2) is 5.82 Å². The minimum atomic E-state index is -1.36. The summed E-state index contributed by atoms with van der Waals surface area (Å²) in [6, 6.07) is 8.05. The second-order valence-electron chi connectivity index (χ2n) is 4.28. The van der Waals surface area contributed by atoms with Gasteiger partial charge in [-0.15, -0.1) is 0 Å². The highest BCUT2D eigenvalue weighted by Crippen LogP contribution is 2.26. The van der Waals surface area contributed by atoms with Gasteiger partial charge in [0.25, 0.3) is 5.88 Å². The molecule has 5 nitrogen and oxygen atoms in total. The summed E-state index contributed by atoms with van der Waals surface area (Å²) >= 11 is 0. The molecule has 104 valence electrons. The van der Waals surface area contributed by atoms with E-state index in [-0.39, 0.29) is 5.88 Å². The van der Waals surface area contributed by atoms with Gasteiger partial charge in [-0.25, -0.2) is 14.2 Å². The molecule has 1 aromatic heterocycles. The van der Waals surface area contributed by atoms with Gasteiger partial charge >= 0.3 is 5.97 Å². The smallest absolute Gasteiger partial charge is 0.338 e. The van der Waals surface area contributed by atoms with E-state index in [4.69, 9.17) is 9.84 Å². The molecule has 0 saturated heterocycles. The summed E-state index contributed by atoms with van der Waals surface area (Å²) in [5.74, 6) is -2.34. The maximum absolute atomic E-state index is 13.9. The molecule has 0 unspecified atom stereocenters. The third kappa shape index (κ3) is 2.85. The second kappa shape index (κ2) is 5.56. The predicted octanol–water partition coefficient (Wildman–Crippen LogP) is 2.78. The van der Waals surface area contributed by atoms with Crippen molar-refractivity contribution in [3.05, 3.63) is 47.9 Å². The molecule has 0 saturated carbocycles. The molecule has 0 aliphatic heterocycles. The van der Waals surface area contributed by atoms with E-state index in [1.54, 1.807) is 18.2 Å². The number of anilines is 1. The van der Waals surface area contributed by atoms with Gasteiger partial charge in [-0.05, 0) is 18.2 Å². The topological polar surface area (TPSA) is 62.7 Å². The molecule has 1 N–H and O–H groups in total. The number of aromatic carboxylic acids is 1. The maximum atomic E-state index is 13.9. The van der Waals surface area contributed by atoms with E-state index in [2.05, 4.69) is 4.98 Å². The van der Waals surface area contributed by atoms with Crippen LogP contribution in [-0.2, 0) is 0 Å². The maximum Gasteiger partial charge on any atom is 0.338 e. The summed E-state index contributed by atoms with van der Waals surface area (Å²) in [7, 11) is 3.73. The number of benzene rings is 1. The highest BCUT2D eigenvalue weighted by molar-refractivity contribution is 5.88. The molecule has 0 radical (unpaired) electrons. The average Bonchev–Trinajstić information content (AvgIpc) is 2.41. The Labute approximate surface area is 115 Å². The monoisotopic (exact) mass is 276 g/mol. The highest BCUT2D eigenvalue weighted by Gasteiger charge is 2.16. The lowest BCUT2D eigenvalue weighted by molar-refractivity contribution is 0.0690. The van der Waals surface area contributed by atoms with Gasteiger partial charge in [0, 0.05) is 32.0 Å². The Kier molecular flexibility index (Phi) is 3.84. The Morgan fingerprint density at radius 2 is 2.10 bits per heavy atom. The molecule has 2 rings (SSSR count). The molecule has 20 heavy (non-hydrogen) atoms. The fraction of sp³-hybridized carbons (Fsp3) is 0.143. The number of carboxylic acids is 1. The van der Waals surface area contributed by atoms with Crippen LogP contribution in [0.25, 0.3) is 0 Å². The summed E-state index contributed by atoms with van der Waals surface area (Å²) in [4.78, 5) is 16.4. The number of halogens is 1. The molecule has 0 fully saturated rings. The van der Waals surface area contributed by atoms with Crippen LogP contribution in [0.2, 0.25) is 0 Å². The number of carbonyl (C=O) groups is 1. The number of carboxylic acid groups (broad SMARTS) is 1. The lowest BCUT2D eigenvalue weighted by Crippen LogP contribution is -2.08. The van der Waals surface area contributed by atoms with E-state index < -0.39 is 17.3 Å². The lowest BCUT2D eigenvalue weighted by Gasteiger charge is -2.14. The summed E-state index contributed by atoms with van der Waals surface area (Å²) in [6.07, 6.45) is 1.19. The van der Waals surface area contributed by atoms with Crippen LogP contribution < -0.4 is 9.64 Å². The summed E-state index contributed by atoms with van der Waals surface area (Å²) in [5.41, 5.74) is 0.399. The largest absolute Gasteiger partial charge is 0.478 e. The number of ether oxygens (including phenoxy) is 1. The van der Waals surface area contributed by atoms with Crippen LogP contribution in [0, 0.1) is 5.82 Å². The first-order chi connectivity index (χ1) is 9.49. The average molecular weight is 276 g/mol. The Morgan fingerprint density at radius 3 is 2.75 bits per heavy atom. The van der Waals surface area contributed by atoms with Gasteiger partial charge in [-0.1, -0.05) is 6.07 Å². The number of rotatable bonds is 4. The third-order valence-electron chi connectivity index (χ3n) is 2.64. The van der Waals surface area contributed by atoms with Crippen molar-refractivity contribution in [2.45, 2.75) is 0 Å². The van der Waals surface area contributed by atoms with Crippen LogP contribution in [0.5, 0.6) is 11.6 Å².